The maximum atomic E-state index is 12.8. The third-order valence-electron chi connectivity index (χ3n) is 5.10. The predicted molar refractivity (Wildman–Crippen MR) is 130 cm³/mol. The average molecular weight is 462 g/mol. The number of ketones is 1. The van der Waals surface area contributed by atoms with E-state index in [1.165, 1.54) is 45.6 Å². The molecule has 0 aliphatic carbocycles. The monoisotopic (exact) mass is 462 g/mol. The predicted octanol–water partition coefficient (Wildman–Crippen LogP) is 5.11. The van der Waals surface area contributed by atoms with Crippen molar-refractivity contribution in [3.05, 3.63) is 83.4 Å². The number of aromatic hydroxyl groups is 2. The molecule has 3 aromatic rings. The van der Waals surface area contributed by atoms with Crippen LogP contribution in [0, 0.1) is 0 Å². The van der Waals surface area contributed by atoms with Crippen LogP contribution < -0.4 is 18.9 Å². The van der Waals surface area contributed by atoms with Gasteiger partial charge in [0.1, 0.15) is 17.2 Å². The van der Waals surface area contributed by atoms with Gasteiger partial charge in [0.25, 0.3) is 0 Å². The van der Waals surface area contributed by atoms with Gasteiger partial charge in [0.15, 0.2) is 17.3 Å². The molecule has 0 radical (unpaired) electrons. The summed E-state index contributed by atoms with van der Waals surface area (Å²) in [5, 5.41) is 19.7. The molecule has 0 fully saturated rings. The number of rotatable bonds is 9. The first-order valence-electron chi connectivity index (χ1n) is 10.3. The SMILES string of the molecule is COc1ccc(C=C(C=CC(=O)c2cc(O)ccc2O)c2cc(OC)c(OC)c(OC)c2)cc1. The fourth-order valence-corrected chi connectivity index (χ4v) is 3.33. The van der Waals surface area contributed by atoms with E-state index in [-0.39, 0.29) is 17.1 Å². The lowest BCUT2D eigenvalue weighted by Gasteiger charge is -2.15. The second-order valence-electron chi connectivity index (χ2n) is 7.19. The molecule has 0 aromatic heterocycles. The van der Waals surface area contributed by atoms with Crippen LogP contribution in [0.1, 0.15) is 21.5 Å². The Morgan fingerprint density at radius 3 is 1.97 bits per heavy atom. The molecule has 3 rings (SSSR count). The summed E-state index contributed by atoms with van der Waals surface area (Å²) in [5.74, 6) is 1.28. The minimum absolute atomic E-state index is 0.00932. The van der Waals surface area contributed by atoms with E-state index in [1.807, 2.05) is 30.3 Å². The fraction of sp³-hybridized carbons (Fsp3) is 0.148. The van der Waals surface area contributed by atoms with Crippen molar-refractivity contribution in [3.8, 4) is 34.5 Å². The zero-order valence-electron chi connectivity index (χ0n) is 19.4. The van der Waals surface area contributed by atoms with E-state index in [4.69, 9.17) is 18.9 Å². The first-order chi connectivity index (χ1) is 16.4. The van der Waals surface area contributed by atoms with Crippen molar-refractivity contribution >= 4 is 17.4 Å². The Morgan fingerprint density at radius 1 is 0.765 bits per heavy atom. The van der Waals surface area contributed by atoms with E-state index in [0.29, 0.717) is 28.4 Å². The van der Waals surface area contributed by atoms with Crippen LogP contribution in [0.5, 0.6) is 34.5 Å². The van der Waals surface area contributed by atoms with Crippen LogP contribution >= 0.6 is 0 Å². The van der Waals surface area contributed by atoms with Gasteiger partial charge in [0, 0.05) is 0 Å². The molecular weight excluding hydrogens is 436 g/mol. The maximum Gasteiger partial charge on any atom is 0.203 e. The molecule has 7 heteroatoms. The van der Waals surface area contributed by atoms with Crippen molar-refractivity contribution in [2.45, 2.75) is 0 Å². The number of allylic oxidation sites excluding steroid dienone is 3. The summed E-state index contributed by atoms with van der Waals surface area (Å²) >= 11 is 0. The lowest BCUT2D eigenvalue weighted by Crippen LogP contribution is -1.98. The van der Waals surface area contributed by atoms with E-state index in [9.17, 15) is 15.0 Å². The van der Waals surface area contributed by atoms with Crippen molar-refractivity contribution in [1.82, 2.24) is 0 Å². The van der Waals surface area contributed by atoms with Gasteiger partial charge in [-0.1, -0.05) is 18.2 Å². The summed E-state index contributed by atoms with van der Waals surface area (Å²) in [6.07, 6.45) is 4.83. The maximum absolute atomic E-state index is 12.8. The molecule has 0 aliphatic rings. The second kappa shape index (κ2) is 11.0. The van der Waals surface area contributed by atoms with Crippen molar-refractivity contribution in [2.75, 3.05) is 28.4 Å². The fourth-order valence-electron chi connectivity index (χ4n) is 3.33. The van der Waals surface area contributed by atoms with E-state index in [2.05, 4.69) is 0 Å². The summed E-state index contributed by atoms with van der Waals surface area (Å²) in [6, 6.07) is 14.8. The summed E-state index contributed by atoms with van der Waals surface area (Å²) in [4.78, 5) is 12.8. The molecule has 34 heavy (non-hydrogen) atoms. The van der Waals surface area contributed by atoms with E-state index in [1.54, 1.807) is 25.3 Å². The highest BCUT2D eigenvalue weighted by molar-refractivity contribution is 6.08. The summed E-state index contributed by atoms with van der Waals surface area (Å²) < 4.78 is 21.6. The van der Waals surface area contributed by atoms with Gasteiger partial charge in [-0.05, 0) is 71.3 Å². The third kappa shape index (κ3) is 5.50. The molecule has 0 atom stereocenters. The molecule has 0 amide bonds. The van der Waals surface area contributed by atoms with Crippen molar-refractivity contribution in [1.29, 1.82) is 0 Å². The lowest BCUT2D eigenvalue weighted by atomic mass is 9.99. The molecule has 0 saturated heterocycles. The van der Waals surface area contributed by atoms with Gasteiger partial charge >= 0.3 is 0 Å². The van der Waals surface area contributed by atoms with Crippen molar-refractivity contribution in [3.63, 3.8) is 0 Å². The molecule has 176 valence electrons. The number of carbonyl (C=O) groups excluding carboxylic acids is 1. The van der Waals surface area contributed by atoms with Gasteiger partial charge in [-0.25, -0.2) is 0 Å². The molecule has 7 nitrogen and oxygen atoms in total. The first kappa shape index (κ1) is 24.3. The number of hydrogen-bond donors (Lipinski definition) is 2. The smallest absolute Gasteiger partial charge is 0.203 e. The minimum Gasteiger partial charge on any atom is -0.508 e. The quantitative estimate of drug-likeness (QED) is 0.150. The molecule has 0 unspecified atom stereocenters. The number of phenols is 2. The number of carbonyl (C=O) groups is 1. The first-order valence-corrected chi connectivity index (χ1v) is 10.3. The molecule has 0 spiro atoms. The Balaban J connectivity index is 2.11. The van der Waals surface area contributed by atoms with Gasteiger partial charge < -0.3 is 29.2 Å². The molecule has 3 aromatic carbocycles. The summed E-state index contributed by atoms with van der Waals surface area (Å²) in [5.41, 5.74) is 2.22. The number of phenolic OH excluding ortho intramolecular Hbond substituents is 2. The van der Waals surface area contributed by atoms with E-state index < -0.39 is 5.78 Å². The van der Waals surface area contributed by atoms with Gasteiger partial charge in [-0.15, -0.1) is 0 Å². The molecule has 0 bridgehead atoms. The summed E-state index contributed by atoms with van der Waals surface area (Å²) in [6.45, 7) is 0. The number of ether oxygens (including phenoxy) is 4. The van der Waals surface area contributed by atoms with Gasteiger partial charge in [-0.3, -0.25) is 4.79 Å². The molecule has 0 heterocycles. The van der Waals surface area contributed by atoms with Gasteiger partial charge in [-0.2, -0.15) is 0 Å². The Hall–Kier alpha value is -4.39. The van der Waals surface area contributed by atoms with Crippen LogP contribution in [0.25, 0.3) is 11.6 Å². The van der Waals surface area contributed by atoms with Crippen LogP contribution in [-0.4, -0.2) is 44.4 Å². The molecular formula is C27H26O7. The average Bonchev–Trinajstić information content (AvgIpc) is 2.87. The van der Waals surface area contributed by atoms with Crippen LogP contribution in [0.3, 0.4) is 0 Å². The van der Waals surface area contributed by atoms with Crippen molar-refractivity contribution < 1.29 is 34.0 Å². The van der Waals surface area contributed by atoms with Crippen molar-refractivity contribution in [2.24, 2.45) is 0 Å². The third-order valence-corrected chi connectivity index (χ3v) is 5.10. The zero-order valence-corrected chi connectivity index (χ0v) is 19.4. The standard InChI is InChI=1S/C27H26O7/c1-31-21-9-5-17(6-10-21)13-18(7-11-23(29)22-16-20(28)8-12-24(22)30)19-14-25(32-2)27(34-4)26(15-19)33-3/h5-16,28,30H,1-4H3. The Labute approximate surface area is 198 Å². The highest BCUT2D eigenvalue weighted by Gasteiger charge is 2.15. The van der Waals surface area contributed by atoms with Crippen LogP contribution in [0.4, 0.5) is 0 Å². The van der Waals surface area contributed by atoms with Gasteiger partial charge in [0.2, 0.25) is 5.75 Å². The number of methoxy groups -OCH3 is 4. The minimum atomic E-state index is -0.471. The molecule has 0 saturated carbocycles. The number of hydrogen-bond acceptors (Lipinski definition) is 7. The second-order valence-corrected chi connectivity index (χ2v) is 7.19. The Kier molecular flexibility index (Phi) is 7.82. The van der Waals surface area contributed by atoms with Gasteiger partial charge in [0.05, 0.1) is 34.0 Å². The Bertz CT molecular complexity index is 1200. The zero-order chi connectivity index (χ0) is 24.7. The Morgan fingerprint density at radius 2 is 1.41 bits per heavy atom. The topological polar surface area (TPSA) is 94.5 Å². The highest BCUT2D eigenvalue weighted by atomic mass is 16.5. The lowest BCUT2D eigenvalue weighted by molar-refractivity contribution is 0.104. The van der Waals surface area contributed by atoms with Crippen LogP contribution in [0.2, 0.25) is 0 Å². The summed E-state index contributed by atoms with van der Waals surface area (Å²) in [7, 11) is 6.17. The van der Waals surface area contributed by atoms with Crippen LogP contribution in [0.15, 0.2) is 66.7 Å². The number of benzene rings is 3. The normalized spacial score (nSPS) is 11.4. The molecule has 0 aliphatic heterocycles. The van der Waals surface area contributed by atoms with Crippen LogP contribution in [-0.2, 0) is 0 Å². The largest absolute Gasteiger partial charge is 0.508 e. The van der Waals surface area contributed by atoms with E-state index >= 15 is 0 Å². The molecule has 2 N–H and O–H groups in total. The van der Waals surface area contributed by atoms with E-state index in [0.717, 1.165) is 11.3 Å². The highest BCUT2D eigenvalue weighted by Crippen LogP contribution is 2.40.